The fourth-order valence-electron chi connectivity index (χ4n) is 2.00. The van der Waals surface area contributed by atoms with Gasteiger partial charge in [0.05, 0.1) is 16.0 Å². The lowest BCUT2D eigenvalue weighted by Crippen LogP contribution is -1.96. The lowest BCUT2D eigenvalue weighted by molar-refractivity contribution is 0.518. The highest BCUT2D eigenvalue weighted by Gasteiger charge is 2.28. The van der Waals surface area contributed by atoms with Gasteiger partial charge >= 0.3 is 0 Å². The Morgan fingerprint density at radius 2 is 1.85 bits per heavy atom. The predicted octanol–water partition coefficient (Wildman–Crippen LogP) is 3.09. The van der Waals surface area contributed by atoms with Crippen LogP contribution in [0.3, 0.4) is 0 Å². The first-order chi connectivity index (χ1) is 9.47. The Kier molecular flexibility index (Phi) is 2.96. The van der Waals surface area contributed by atoms with Gasteiger partial charge in [-0.25, -0.2) is 8.42 Å². The van der Waals surface area contributed by atoms with E-state index in [2.05, 4.69) is 0 Å². The summed E-state index contributed by atoms with van der Waals surface area (Å²) in [7, 11) is -3.45. The molecule has 0 fully saturated rings. The van der Waals surface area contributed by atoms with Crippen molar-refractivity contribution in [3.8, 4) is 5.75 Å². The van der Waals surface area contributed by atoms with Crippen molar-refractivity contribution in [1.29, 1.82) is 0 Å². The van der Waals surface area contributed by atoms with Gasteiger partial charge in [-0.1, -0.05) is 23.7 Å². The highest BCUT2D eigenvalue weighted by Crippen LogP contribution is 2.36. The van der Waals surface area contributed by atoms with E-state index in [4.69, 9.17) is 22.1 Å². The smallest absolute Gasteiger partial charge is 0.204 e. The molecule has 4 nitrogen and oxygen atoms in total. The van der Waals surface area contributed by atoms with E-state index < -0.39 is 9.84 Å². The minimum Gasteiger partial charge on any atom is -0.454 e. The van der Waals surface area contributed by atoms with E-state index in [-0.39, 0.29) is 10.7 Å². The van der Waals surface area contributed by atoms with Crippen LogP contribution in [0, 0.1) is 0 Å². The molecule has 2 N–H and O–H groups in total. The van der Waals surface area contributed by atoms with Crippen LogP contribution in [-0.4, -0.2) is 8.42 Å². The van der Waals surface area contributed by atoms with Gasteiger partial charge in [-0.05, 0) is 30.3 Å². The molecule has 20 heavy (non-hydrogen) atoms. The molecule has 0 amide bonds. The van der Waals surface area contributed by atoms with E-state index >= 15 is 0 Å². The Hall–Kier alpha value is -1.98. The summed E-state index contributed by atoms with van der Waals surface area (Å²) in [5.74, 6) is 0.627. The van der Waals surface area contributed by atoms with Gasteiger partial charge in [0, 0.05) is 10.6 Å². The molecule has 0 atom stereocenters. The first-order valence-corrected chi connectivity index (χ1v) is 7.69. The average Bonchev–Trinajstić information content (AvgIpc) is 2.65. The maximum absolute atomic E-state index is 12.0. The molecule has 102 valence electrons. The lowest BCUT2D eigenvalue weighted by Gasteiger charge is -2.09. The second-order valence-corrected chi connectivity index (χ2v) is 6.51. The van der Waals surface area contributed by atoms with Crippen LogP contribution in [-0.2, 0) is 9.84 Å². The predicted molar refractivity (Wildman–Crippen MR) is 78.1 cm³/mol. The summed E-state index contributed by atoms with van der Waals surface area (Å²) in [6.45, 7) is 0. The van der Waals surface area contributed by atoms with Gasteiger partial charge in [0.1, 0.15) is 11.5 Å². The first-order valence-electron chi connectivity index (χ1n) is 5.76. The van der Waals surface area contributed by atoms with Crippen molar-refractivity contribution in [3.05, 3.63) is 58.5 Å². The number of halogens is 1. The minimum absolute atomic E-state index is 0.238. The highest BCUT2D eigenvalue weighted by atomic mass is 35.5. The zero-order valence-electron chi connectivity index (χ0n) is 10.2. The van der Waals surface area contributed by atoms with Gasteiger partial charge in [0.2, 0.25) is 9.84 Å². The number of benzene rings is 2. The van der Waals surface area contributed by atoms with Crippen LogP contribution < -0.4 is 10.5 Å². The van der Waals surface area contributed by atoms with Gasteiger partial charge in [-0.3, -0.25) is 0 Å². The summed E-state index contributed by atoms with van der Waals surface area (Å²) in [5.41, 5.74) is 6.68. The molecule has 0 radical (unpaired) electrons. The summed E-state index contributed by atoms with van der Waals surface area (Å²) in [4.78, 5) is 0.238. The van der Waals surface area contributed by atoms with Crippen LogP contribution in [0.2, 0.25) is 5.02 Å². The molecule has 2 aromatic carbocycles. The molecule has 0 aliphatic carbocycles. The standard InChI is InChI=1S/C14H10ClNO3S/c15-9-5-6-12(11(16)7-9)19-13-8-20(17,18)14-4-2-1-3-10(13)14/h1-8H,16H2. The molecule has 0 saturated heterocycles. The lowest BCUT2D eigenvalue weighted by atomic mass is 10.2. The molecule has 0 spiro atoms. The normalized spacial score (nSPS) is 15.6. The number of rotatable bonds is 2. The number of sulfone groups is 1. The van der Waals surface area contributed by atoms with Crippen molar-refractivity contribution in [2.24, 2.45) is 0 Å². The van der Waals surface area contributed by atoms with Crippen LogP contribution >= 0.6 is 11.6 Å². The highest BCUT2D eigenvalue weighted by molar-refractivity contribution is 7.94. The third-order valence-electron chi connectivity index (χ3n) is 2.91. The van der Waals surface area contributed by atoms with Crippen LogP contribution in [0.1, 0.15) is 5.56 Å². The van der Waals surface area contributed by atoms with Crippen molar-refractivity contribution in [2.45, 2.75) is 4.90 Å². The maximum atomic E-state index is 12.0. The van der Waals surface area contributed by atoms with E-state index in [1.165, 1.54) is 0 Å². The first kappa shape index (κ1) is 13.0. The Labute approximate surface area is 121 Å². The van der Waals surface area contributed by atoms with Gasteiger partial charge in [-0.15, -0.1) is 0 Å². The molecule has 1 aliphatic heterocycles. The molecule has 0 aromatic heterocycles. The third-order valence-corrected chi connectivity index (χ3v) is 4.64. The van der Waals surface area contributed by atoms with Crippen LogP contribution in [0.15, 0.2) is 52.8 Å². The van der Waals surface area contributed by atoms with Gasteiger partial charge in [0.15, 0.2) is 0 Å². The SMILES string of the molecule is Nc1cc(Cl)ccc1OC1=CS(=O)(=O)c2ccccc21. The number of fused-ring (bicyclic) bond motifs is 1. The van der Waals surface area contributed by atoms with E-state index in [0.717, 1.165) is 5.41 Å². The Morgan fingerprint density at radius 1 is 1.10 bits per heavy atom. The fourth-order valence-corrected chi connectivity index (χ4v) is 3.50. The summed E-state index contributed by atoms with van der Waals surface area (Å²) >= 11 is 5.81. The van der Waals surface area contributed by atoms with E-state index in [1.54, 1.807) is 42.5 Å². The molecule has 3 rings (SSSR count). The number of hydrogen-bond donors (Lipinski definition) is 1. The third kappa shape index (κ3) is 2.15. The van der Waals surface area contributed by atoms with E-state index in [0.29, 0.717) is 22.0 Å². The van der Waals surface area contributed by atoms with Crippen molar-refractivity contribution >= 4 is 32.9 Å². The molecule has 0 unspecified atom stereocenters. The quantitative estimate of drug-likeness (QED) is 0.866. The van der Waals surface area contributed by atoms with Crippen molar-refractivity contribution in [1.82, 2.24) is 0 Å². The molecule has 1 aliphatic rings. The zero-order valence-corrected chi connectivity index (χ0v) is 11.8. The van der Waals surface area contributed by atoms with Gasteiger partial charge in [0.25, 0.3) is 0 Å². The molecule has 6 heteroatoms. The molecule has 0 bridgehead atoms. The number of nitrogen functional groups attached to an aromatic ring is 1. The Balaban J connectivity index is 2.05. The summed E-state index contributed by atoms with van der Waals surface area (Å²) in [6, 6.07) is 11.4. The molecule has 2 aromatic rings. The number of anilines is 1. The molecule has 1 heterocycles. The van der Waals surface area contributed by atoms with Crippen molar-refractivity contribution < 1.29 is 13.2 Å². The van der Waals surface area contributed by atoms with Crippen LogP contribution in [0.25, 0.3) is 5.76 Å². The number of nitrogens with two attached hydrogens (primary N) is 1. The second kappa shape index (κ2) is 4.54. The molecular weight excluding hydrogens is 298 g/mol. The van der Waals surface area contributed by atoms with Gasteiger partial charge in [-0.2, -0.15) is 0 Å². The summed E-state index contributed by atoms with van der Waals surface area (Å²) in [5, 5.41) is 1.59. The monoisotopic (exact) mass is 307 g/mol. The van der Waals surface area contributed by atoms with Crippen molar-refractivity contribution in [2.75, 3.05) is 5.73 Å². The van der Waals surface area contributed by atoms with Gasteiger partial charge < -0.3 is 10.5 Å². The molecular formula is C14H10ClNO3S. The Bertz CT molecular complexity index is 828. The topological polar surface area (TPSA) is 69.4 Å². The van der Waals surface area contributed by atoms with Crippen LogP contribution in [0.4, 0.5) is 5.69 Å². The Morgan fingerprint density at radius 3 is 2.60 bits per heavy atom. The zero-order chi connectivity index (χ0) is 14.3. The largest absolute Gasteiger partial charge is 0.454 e. The summed E-state index contributed by atoms with van der Waals surface area (Å²) in [6.07, 6.45) is 0. The van der Waals surface area contributed by atoms with E-state index in [1.807, 2.05) is 0 Å². The van der Waals surface area contributed by atoms with E-state index in [9.17, 15) is 8.42 Å². The van der Waals surface area contributed by atoms with Crippen molar-refractivity contribution in [3.63, 3.8) is 0 Å². The average molecular weight is 308 g/mol. The summed E-state index contributed by atoms with van der Waals surface area (Å²) < 4.78 is 29.6. The number of ether oxygens (including phenoxy) is 1. The maximum Gasteiger partial charge on any atom is 0.204 e. The second-order valence-electron chi connectivity index (χ2n) is 4.31. The fraction of sp³-hybridized carbons (Fsp3) is 0. The number of hydrogen-bond acceptors (Lipinski definition) is 4. The van der Waals surface area contributed by atoms with Crippen LogP contribution in [0.5, 0.6) is 5.75 Å². The minimum atomic E-state index is -3.45. The molecule has 0 saturated carbocycles.